The number of fused-ring (bicyclic) bond motifs is 1. The van der Waals surface area contributed by atoms with Crippen molar-refractivity contribution in [3.63, 3.8) is 0 Å². The second kappa shape index (κ2) is 3.84. The second-order valence-corrected chi connectivity index (χ2v) is 3.38. The van der Waals surface area contributed by atoms with Gasteiger partial charge >= 0.3 is 0 Å². The quantitative estimate of drug-likeness (QED) is 0.773. The number of hydrogen-bond acceptors (Lipinski definition) is 2. The highest BCUT2D eigenvalue weighted by Crippen LogP contribution is 2.30. The first-order valence-electron chi connectivity index (χ1n) is 4.91. The van der Waals surface area contributed by atoms with Crippen molar-refractivity contribution < 1.29 is 9.84 Å². The first kappa shape index (κ1) is 9.28. The molecule has 2 nitrogen and oxygen atoms in total. The van der Waals surface area contributed by atoms with E-state index in [1.165, 1.54) is 5.56 Å². The van der Waals surface area contributed by atoms with E-state index in [-0.39, 0.29) is 6.61 Å². The molecule has 2 heteroatoms. The van der Waals surface area contributed by atoms with Crippen LogP contribution in [0.25, 0.3) is 5.57 Å². The summed E-state index contributed by atoms with van der Waals surface area (Å²) in [5.74, 6) is 0.883. The molecule has 0 unspecified atom stereocenters. The van der Waals surface area contributed by atoms with Crippen LogP contribution in [0.15, 0.2) is 24.3 Å². The van der Waals surface area contributed by atoms with Crippen LogP contribution in [-0.2, 0) is 6.42 Å². The van der Waals surface area contributed by atoms with Crippen molar-refractivity contribution in [1.29, 1.82) is 0 Å². The fraction of sp³-hybridized carbons (Fsp3) is 0.333. The molecule has 2 rings (SSSR count). The zero-order valence-electron chi connectivity index (χ0n) is 8.29. The Balaban J connectivity index is 2.46. The van der Waals surface area contributed by atoms with Crippen LogP contribution in [0.3, 0.4) is 0 Å². The van der Waals surface area contributed by atoms with Gasteiger partial charge in [0, 0.05) is 5.56 Å². The number of aliphatic hydroxyl groups excluding tert-OH is 1. The van der Waals surface area contributed by atoms with E-state index in [9.17, 15) is 5.11 Å². The van der Waals surface area contributed by atoms with Gasteiger partial charge in [-0.3, -0.25) is 0 Å². The molecule has 0 spiro atoms. The molecule has 0 atom stereocenters. The summed E-state index contributed by atoms with van der Waals surface area (Å²) < 4.78 is 5.47. The van der Waals surface area contributed by atoms with Crippen molar-refractivity contribution >= 4 is 5.57 Å². The van der Waals surface area contributed by atoms with Gasteiger partial charge in [-0.05, 0) is 35.8 Å². The maximum absolute atomic E-state index is 9.18. The van der Waals surface area contributed by atoms with Gasteiger partial charge in [-0.25, -0.2) is 0 Å². The Kier molecular flexibility index (Phi) is 2.55. The lowest BCUT2D eigenvalue weighted by molar-refractivity contribution is 0.333. The largest absolute Gasteiger partial charge is 0.489 e. The average molecular weight is 190 g/mol. The summed E-state index contributed by atoms with van der Waals surface area (Å²) in [7, 11) is 0. The van der Waals surface area contributed by atoms with Crippen LogP contribution in [-0.4, -0.2) is 18.3 Å². The molecule has 1 aliphatic heterocycles. The minimum atomic E-state index is 0.0868. The number of benzene rings is 1. The molecule has 74 valence electrons. The fourth-order valence-corrected chi connectivity index (χ4v) is 1.67. The van der Waals surface area contributed by atoms with Crippen molar-refractivity contribution in [2.75, 3.05) is 13.2 Å². The van der Waals surface area contributed by atoms with Gasteiger partial charge in [0.25, 0.3) is 0 Å². The molecule has 0 fully saturated rings. The van der Waals surface area contributed by atoms with Crippen molar-refractivity contribution in [3.8, 4) is 5.75 Å². The van der Waals surface area contributed by atoms with E-state index in [1.54, 1.807) is 0 Å². The zero-order valence-corrected chi connectivity index (χ0v) is 8.29. The Hall–Kier alpha value is -1.28. The molecule has 1 aromatic carbocycles. The highest BCUT2D eigenvalue weighted by Gasteiger charge is 2.12. The number of rotatable bonds is 2. The Morgan fingerprint density at radius 3 is 3.00 bits per heavy atom. The number of hydrogen-bond donors (Lipinski definition) is 1. The Morgan fingerprint density at radius 2 is 2.29 bits per heavy atom. The van der Waals surface area contributed by atoms with Gasteiger partial charge in [0.1, 0.15) is 12.4 Å². The number of ether oxygens (including phenoxy) is 1. The molecule has 1 N–H and O–H groups in total. The molecule has 1 aromatic rings. The summed E-state index contributed by atoms with van der Waals surface area (Å²) in [6, 6.07) is 6.15. The number of aliphatic hydroxyl groups is 1. The third kappa shape index (κ3) is 1.53. The molecule has 0 amide bonds. The highest BCUT2D eigenvalue weighted by atomic mass is 16.5. The van der Waals surface area contributed by atoms with E-state index in [4.69, 9.17) is 4.74 Å². The van der Waals surface area contributed by atoms with Gasteiger partial charge in [-0.1, -0.05) is 13.0 Å². The molecule has 0 radical (unpaired) electrons. The monoisotopic (exact) mass is 190 g/mol. The maximum Gasteiger partial charge on any atom is 0.127 e. The molecule has 0 saturated heterocycles. The lowest BCUT2D eigenvalue weighted by Gasteiger charge is -2.18. The average Bonchev–Trinajstić information content (AvgIpc) is 2.27. The van der Waals surface area contributed by atoms with Crippen LogP contribution in [0.5, 0.6) is 5.75 Å². The van der Waals surface area contributed by atoms with Gasteiger partial charge in [0.15, 0.2) is 0 Å². The van der Waals surface area contributed by atoms with Crippen molar-refractivity contribution in [2.24, 2.45) is 0 Å². The van der Waals surface area contributed by atoms with Gasteiger partial charge in [0.2, 0.25) is 0 Å². The van der Waals surface area contributed by atoms with E-state index in [0.717, 1.165) is 23.3 Å². The molecule has 14 heavy (non-hydrogen) atoms. The van der Waals surface area contributed by atoms with E-state index in [0.29, 0.717) is 6.61 Å². The number of aryl methyl sites for hydroxylation is 1. The van der Waals surface area contributed by atoms with E-state index in [2.05, 4.69) is 19.1 Å². The van der Waals surface area contributed by atoms with Crippen LogP contribution in [0.1, 0.15) is 18.1 Å². The van der Waals surface area contributed by atoms with Crippen molar-refractivity contribution in [1.82, 2.24) is 0 Å². The summed E-state index contributed by atoms with van der Waals surface area (Å²) in [6.07, 6.45) is 2.94. The first-order valence-corrected chi connectivity index (χ1v) is 4.91. The summed E-state index contributed by atoms with van der Waals surface area (Å²) >= 11 is 0. The minimum Gasteiger partial charge on any atom is -0.489 e. The van der Waals surface area contributed by atoms with Crippen LogP contribution >= 0.6 is 0 Å². The molecule has 0 bridgehead atoms. The topological polar surface area (TPSA) is 29.5 Å². The molecule has 1 aliphatic rings. The summed E-state index contributed by atoms with van der Waals surface area (Å²) in [6.45, 7) is 2.77. The van der Waals surface area contributed by atoms with E-state index in [1.807, 2.05) is 12.1 Å². The smallest absolute Gasteiger partial charge is 0.127 e. The minimum absolute atomic E-state index is 0.0868. The molecular weight excluding hydrogens is 176 g/mol. The Bertz CT molecular complexity index is 367. The molecule has 0 aromatic heterocycles. The van der Waals surface area contributed by atoms with Gasteiger partial charge in [-0.2, -0.15) is 0 Å². The predicted octanol–water partition coefficient (Wildman–Crippen LogP) is 2.02. The second-order valence-electron chi connectivity index (χ2n) is 3.38. The normalized spacial score (nSPS) is 14.3. The lowest BCUT2D eigenvalue weighted by Crippen LogP contribution is -2.07. The highest BCUT2D eigenvalue weighted by molar-refractivity contribution is 5.73. The van der Waals surface area contributed by atoms with Gasteiger partial charge in [-0.15, -0.1) is 0 Å². The van der Waals surface area contributed by atoms with Crippen LogP contribution in [0.2, 0.25) is 0 Å². The van der Waals surface area contributed by atoms with E-state index < -0.39 is 0 Å². The van der Waals surface area contributed by atoms with Crippen LogP contribution < -0.4 is 4.74 Å². The summed E-state index contributed by atoms with van der Waals surface area (Å²) in [4.78, 5) is 0. The lowest BCUT2D eigenvalue weighted by atomic mass is 10.00. The first-order chi connectivity index (χ1) is 6.85. The molecular formula is C12H14O2. The third-order valence-corrected chi connectivity index (χ3v) is 2.54. The van der Waals surface area contributed by atoms with E-state index >= 15 is 0 Å². The Morgan fingerprint density at radius 1 is 1.43 bits per heavy atom. The molecule has 0 saturated carbocycles. The predicted molar refractivity (Wildman–Crippen MR) is 56.4 cm³/mol. The van der Waals surface area contributed by atoms with Crippen LogP contribution in [0.4, 0.5) is 0 Å². The SMILES string of the molecule is CCc1ccc2c(c1)C(CO)=CCO2. The molecule has 1 heterocycles. The fourth-order valence-electron chi connectivity index (χ4n) is 1.67. The van der Waals surface area contributed by atoms with Crippen molar-refractivity contribution in [3.05, 3.63) is 35.4 Å². The van der Waals surface area contributed by atoms with Gasteiger partial charge < -0.3 is 9.84 Å². The van der Waals surface area contributed by atoms with Crippen LogP contribution in [0, 0.1) is 0 Å². The third-order valence-electron chi connectivity index (χ3n) is 2.54. The summed E-state index contributed by atoms with van der Waals surface area (Å²) in [5.41, 5.74) is 3.29. The zero-order chi connectivity index (χ0) is 9.97. The molecule has 0 aliphatic carbocycles. The Labute approximate surface area is 83.8 Å². The maximum atomic E-state index is 9.18. The van der Waals surface area contributed by atoms with Crippen molar-refractivity contribution in [2.45, 2.75) is 13.3 Å². The van der Waals surface area contributed by atoms with Gasteiger partial charge in [0.05, 0.1) is 6.61 Å². The standard InChI is InChI=1S/C12H14O2/c1-2-9-3-4-12-11(7-9)10(8-13)5-6-14-12/h3-5,7,13H,2,6,8H2,1H3. The summed E-state index contributed by atoms with van der Waals surface area (Å²) in [5, 5.41) is 9.18.